The van der Waals surface area contributed by atoms with Gasteiger partial charge in [0.15, 0.2) is 0 Å². The van der Waals surface area contributed by atoms with Gasteiger partial charge in [-0.05, 0) is 24.7 Å². The monoisotopic (exact) mass is 221 g/mol. The maximum Gasteiger partial charge on any atom is 0.230 e. The van der Waals surface area contributed by atoms with E-state index in [1.54, 1.807) is 0 Å². The molecule has 16 heavy (non-hydrogen) atoms. The van der Waals surface area contributed by atoms with Crippen molar-refractivity contribution in [2.45, 2.75) is 51.6 Å². The highest BCUT2D eigenvalue weighted by molar-refractivity contribution is 5.15. The van der Waals surface area contributed by atoms with E-state index < -0.39 is 0 Å². The molecule has 4 heteroatoms. The molecule has 3 rings (SSSR count). The van der Waals surface area contributed by atoms with E-state index in [2.05, 4.69) is 29.4 Å². The van der Waals surface area contributed by atoms with Crippen molar-refractivity contribution >= 4 is 0 Å². The Hall–Kier alpha value is -0.900. The van der Waals surface area contributed by atoms with Crippen LogP contribution in [0.1, 0.15) is 50.8 Å². The van der Waals surface area contributed by atoms with Gasteiger partial charge in [0.1, 0.15) is 0 Å². The first-order valence-electron chi connectivity index (χ1n) is 6.31. The van der Waals surface area contributed by atoms with Crippen LogP contribution in [0, 0.1) is 11.8 Å². The fraction of sp³-hybridized carbons (Fsp3) is 0.833. The van der Waals surface area contributed by atoms with Crippen LogP contribution in [0.15, 0.2) is 4.42 Å². The van der Waals surface area contributed by atoms with Gasteiger partial charge >= 0.3 is 0 Å². The number of fused-ring (bicyclic) bond motifs is 1. The predicted octanol–water partition coefficient (Wildman–Crippen LogP) is 2.08. The molecule has 2 fully saturated rings. The van der Waals surface area contributed by atoms with E-state index in [1.807, 2.05) is 0 Å². The van der Waals surface area contributed by atoms with E-state index in [4.69, 9.17) is 4.42 Å². The highest BCUT2D eigenvalue weighted by atomic mass is 16.4. The molecule has 2 aliphatic rings. The standard InChI is InChI=1S/C12H19N3O/c1-7(2)13-6-10-14-15-12(16-10)11-8-4-3-5-9(8)11/h7-9,11,13H,3-6H2,1-2H3. The van der Waals surface area contributed by atoms with Crippen molar-refractivity contribution in [3.05, 3.63) is 11.8 Å². The molecular weight excluding hydrogens is 202 g/mol. The molecule has 1 heterocycles. The van der Waals surface area contributed by atoms with Crippen molar-refractivity contribution in [1.82, 2.24) is 15.5 Å². The lowest BCUT2D eigenvalue weighted by molar-refractivity contribution is 0.410. The van der Waals surface area contributed by atoms with Crippen molar-refractivity contribution in [2.24, 2.45) is 11.8 Å². The molecule has 1 aromatic heterocycles. The Bertz CT molecular complexity index is 364. The van der Waals surface area contributed by atoms with Gasteiger partial charge in [0.2, 0.25) is 11.8 Å². The third-order valence-electron chi connectivity index (χ3n) is 3.84. The highest BCUT2D eigenvalue weighted by Crippen LogP contribution is 2.62. The zero-order chi connectivity index (χ0) is 11.1. The number of aromatic nitrogens is 2. The lowest BCUT2D eigenvalue weighted by Crippen LogP contribution is -2.21. The lowest BCUT2D eigenvalue weighted by Gasteiger charge is -2.03. The van der Waals surface area contributed by atoms with Crippen molar-refractivity contribution in [3.63, 3.8) is 0 Å². The summed E-state index contributed by atoms with van der Waals surface area (Å²) in [5.74, 6) is 3.91. The quantitative estimate of drug-likeness (QED) is 0.845. The van der Waals surface area contributed by atoms with Gasteiger partial charge in [-0.1, -0.05) is 20.3 Å². The van der Waals surface area contributed by atoms with Crippen molar-refractivity contribution in [3.8, 4) is 0 Å². The van der Waals surface area contributed by atoms with Crippen LogP contribution in [0.25, 0.3) is 0 Å². The molecule has 0 radical (unpaired) electrons. The Morgan fingerprint density at radius 3 is 2.75 bits per heavy atom. The Morgan fingerprint density at radius 2 is 2.06 bits per heavy atom. The fourth-order valence-corrected chi connectivity index (χ4v) is 2.95. The van der Waals surface area contributed by atoms with Crippen LogP contribution in [-0.4, -0.2) is 16.2 Å². The molecule has 0 bridgehead atoms. The second-order valence-corrected chi connectivity index (χ2v) is 5.35. The minimum atomic E-state index is 0.454. The lowest BCUT2D eigenvalue weighted by atomic mass is 10.1. The van der Waals surface area contributed by atoms with Gasteiger partial charge in [-0.3, -0.25) is 0 Å². The van der Waals surface area contributed by atoms with E-state index >= 15 is 0 Å². The van der Waals surface area contributed by atoms with E-state index in [1.165, 1.54) is 19.3 Å². The molecule has 0 amide bonds. The van der Waals surface area contributed by atoms with Gasteiger partial charge in [0.05, 0.1) is 6.54 Å². The zero-order valence-corrected chi connectivity index (χ0v) is 9.94. The summed E-state index contributed by atoms with van der Waals surface area (Å²) in [5, 5.41) is 11.6. The van der Waals surface area contributed by atoms with Gasteiger partial charge in [-0.15, -0.1) is 10.2 Å². The normalized spacial score (nSPS) is 32.1. The van der Waals surface area contributed by atoms with Crippen LogP contribution < -0.4 is 5.32 Å². The Morgan fingerprint density at radius 1 is 1.31 bits per heavy atom. The molecule has 2 unspecified atom stereocenters. The molecule has 0 spiro atoms. The fourth-order valence-electron chi connectivity index (χ4n) is 2.95. The number of rotatable bonds is 4. The maximum atomic E-state index is 5.71. The first-order chi connectivity index (χ1) is 7.75. The summed E-state index contributed by atoms with van der Waals surface area (Å²) in [5.41, 5.74) is 0. The molecule has 2 aliphatic carbocycles. The molecule has 88 valence electrons. The summed E-state index contributed by atoms with van der Waals surface area (Å²) in [6, 6.07) is 0.454. The molecule has 4 nitrogen and oxygen atoms in total. The zero-order valence-electron chi connectivity index (χ0n) is 9.94. The van der Waals surface area contributed by atoms with Crippen LogP contribution in [-0.2, 0) is 6.54 Å². The molecule has 1 N–H and O–H groups in total. The molecule has 2 atom stereocenters. The topological polar surface area (TPSA) is 51.0 Å². The van der Waals surface area contributed by atoms with Gasteiger partial charge in [-0.2, -0.15) is 0 Å². The summed E-state index contributed by atoms with van der Waals surface area (Å²) in [7, 11) is 0. The molecule has 2 saturated carbocycles. The van der Waals surface area contributed by atoms with Crippen LogP contribution in [0.5, 0.6) is 0 Å². The molecular formula is C12H19N3O. The van der Waals surface area contributed by atoms with E-state index in [9.17, 15) is 0 Å². The Balaban J connectivity index is 1.61. The largest absolute Gasteiger partial charge is 0.424 e. The van der Waals surface area contributed by atoms with Crippen molar-refractivity contribution < 1.29 is 4.42 Å². The number of hydrogen-bond donors (Lipinski definition) is 1. The first kappa shape index (κ1) is 10.3. The summed E-state index contributed by atoms with van der Waals surface area (Å²) >= 11 is 0. The number of nitrogens with zero attached hydrogens (tertiary/aromatic N) is 2. The van der Waals surface area contributed by atoms with Crippen molar-refractivity contribution in [1.29, 1.82) is 0 Å². The van der Waals surface area contributed by atoms with Gasteiger partial charge in [-0.25, -0.2) is 0 Å². The smallest absolute Gasteiger partial charge is 0.230 e. The number of nitrogens with one attached hydrogen (secondary N) is 1. The average molecular weight is 221 g/mol. The van der Waals surface area contributed by atoms with E-state index in [0.29, 0.717) is 18.5 Å². The summed E-state index contributed by atoms with van der Waals surface area (Å²) < 4.78 is 5.71. The van der Waals surface area contributed by atoms with Crippen LogP contribution >= 0.6 is 0 Å². The third kappa shape index (κ3) is 1.75. The molecule has 0 aromatic carbocycles. The van der Waals surface area contributed by atoms with Gasteiger partial charge < -0.3 is 9.73 Å². The minimum Gasteiger partial charge on any atom is -0.424 e. The van der Waals surface area contributed by atoms with Crippen LogP contribution in [0.3, 0.4) is 0 Å². The minimum absolute atomic E-state index is 0.454. The highest BCUT2D eigenvalue weighted by Gasteiger charge is 2.56. The second kappa shape index (κ2) is 3.84. The first-order valence-corrected chi connectivity index (χ1v) is 6.31. The Labute approximate surface area is 95.8 Å². The van der Waals surface area contributed by atoms with Crippen molar-refractivity contribution in [2.75, 3.05) is 0 Å². The summed E-state index contributed by atoms with van der Waals surface area (Å²) in [6.45, 7) is 4.91. The number of hydrogen-bond acceptors (Lipinski definition) is 4. The van der Waals surface area contributed by atoms with Crippen LogP contribution in [0.4, 0.5) is 0 Å². The second-order valence-electron chi connectivity index (χ2n) is 5.35. The predicted molar refractivity (Wildman–Crippen MR) is 59.8 cm³/mol. The molecule has 0 aliphatic heterocycles. The van der Waals surface area contributed by atoms with Gasteiger partial charge in [0.25, 0.3) is 0 Å². The Kier molecular flexibility index (Phi) is 2.46. The van der Waals surface area contributed by atoms with Gasteiger partial charge in [0, 0.05) is 12.0 Å². The summed E-state index contributed by atoms with van der Waals surface area (Å²) in [6.07, 6.45) is 4.11. The SMILES string of the molecule is CC(C)NCc1nnc(C2C3CCCC32)o1. The molecule has 1 aromatic rings. The van der Waals surface area contributed by atoms with Crippen LogP contribution in [0.2, 0.25) is 0 Å². The third-order valence-corrected chi connectivity index (χ3v) is 3.84. The van der Waals surface area contributed by atoms with E-state index in [0.717, 1.165) is 23.6 Å². The summed E-state index contributed by atoms with van der Waals surface area (Å²) in [4.78, 5) is 0. The average Bonchev–Trinajstić information content (AvgIpc) is 2.73. The maximum absolute atomic E-state index is 5.71. The molecule has 0 saturated heterocycles. The van der Waals surface area contributed by atoms with E-state index in [-0.39, 0.29) is 0 Å².